The highest BCUT2D eigenvalue weighted by Crippen LogP contribution is 2.34. The van der Waals surface area contributed by atoms with Crippen molar-refractivity contribution in [2.75, 3.05) is 19.0 Å². The number of hydrogen-bond acceptors (Lipinski definition) is 7. The second kappa shape index (κ2) is 10.1. The van der Waals surface area contributed by atoms with Crippen LogP contribution in [0.3, 0.4) is 0 Å². The first-order valence-electron chi connectivity index (χ1n) is 11.2. The van der Waals surface area contributed by atoms with Gasteiger partial charge in [0.25, 0.3) is 11.9 Å². The zero-order valence-corrected chi connectivity index (χ0v) is 20.1. The summed E-state index contributed by atoms with van der Waals surface area (Å²) in [6.45, 7) is 0.657. The molecule has 1 atom stereocenters. The van der Waals surface area contributed by atoms with Gasteiger partial charge in [-0.3, -0.25) is 10.1 Å². The number of carbonyl (C=O) groups is 1. The molecule has 5 rings (SSSR count). The fourth-order valence-electron chi connectivity index (χ4n) is 4.36. The van der Waals surface area contributed by atoms with Crippen LogP contribution in [-0.4, -0.2) is 50.2 Å². The van der Waals surface area contributed by atoms with Crippen LogP contribution >= 0.6 is 11.6 Å². The topological polar surface area (TPSA) is 106 Å². The van der Waals surface area contributed by atoms with E-state index in [1.165, 1.54) is 36.9 Å². The van der Waals surface area contributed by atoms with Crippen LogP contribution in [0.25, 0.3) is 11.1 Å². The number of oxazole rings is 1. The van der Waals surface area contributed by atoms with E-state index in [9.17, 15) is 14.3 Å². The Bertz CT molecular complexity index is 1390. The van der Waals surface area contributed by atoms with Crippen molar-refractivity contribution in [1.82, 2.24) is 19.4 Å². The smallest absolute Gasteiger partial charge is 0.300 e. The average Bonchev–Trinajstić information content (AvgIpc) is 3.53. The number of nitrogens with zero attached hydrogens (tertiary/aromatic N) is 4. The van der Waals surface area contributed by atoms with Crippen LogP contribution < -0.4 is 5.32 Å². The summed E-state index contributed by atoms with van der Waals surface area (Å²) >= 11 is 6.46. The molecular weight excluding hydrogens is 489 g/mol. The Morgan fingerprint density at radius 2 is 2.14 bits per heavy atom. The third-order valence-corrected chi connectivity index (χ3v) is 6.40. The molecule has 0 saturated heterocycles. The zero-order valence-electron chi connectivity index (χ0n) is 19.3. The summed E-state index contributed by atoms with van der Waals surface area (Å²) in [6.07, 6.45) is 6.34. The highest BCUT2D eigenvalue weighted by molar-refractivity contribution is 6.33. The van der Waals surface area contributed by atoms with Gasteiger partial charge in [0.1, 0.15) is 23.6 Å². The Morgan fingerprint density at radius 3 is 2.89 bits per heavy atom. The second-order valence-electron chi connectivity index (χ2n) is 8.39. The van der Waals surface area contributed by atoms with Gasteiger partial charge in [0.05, 0.1) is 30.5 Å². The largest absolute Gasteiger partial charge is 0.432 e. The number of ether oxygens (including phenoxy) is 1. The summed E-state index contributed by atoms with van der Waals surface area (Å²) in [5.41, 5.74) is 3.00. The number of hydrogen-bond donors (Lipinski definition) is 2. The first-order valence-corrected chi connectivity index (χ1v) is 11.5. The normalized spacial score (nSPS) is 15.3. The molecule has 0 aliphatic carbocycles. The molecule has 1 aromatic carbocycles. The van der Waals surface area contributed by atoms with Gasteiger partial charge in [0.15, 0.2) is 0 Å². The van der Waals surface area contributed by atoms with Crippen molar-refractivity contribution in [3.63, 3.8) is 0 Å². The first kappa shape index (κ1) is 24.0. The molecule has 0 fully saturated rings. The minimum absolute atomic E-state index is 0.140. The van der Waals surface area contributed by atoms with Gasteiger partial charge >= 0.3 is 0 Å². The number of methoxy groups -OCH3 is 1. The fraction of sp³-hybridized carbons (Fsp3) is 0.240. The Labute approximate surface area is 211 Å². The monoisotopic (exact) mass is 511 g/mol. The summed E-state index contributed by atoms with van der Waals surface area (Å²) in [5, 5.41) is 13.1. The Balaban J connectivity index is 1.48. The summed E-state index contributed by atoms with van der Waals surface area (Å²) in [6, 6.07) is 7.69. The molecule has 3 aromatic heterocycles. The molecule has 186 valence electrons. The van der Waals surface area contributed by atoms with Gasteiger partial charge < -0.3 is 23.7 Å². The Morgan fingerprint density at radius 1 is 1.28 bits per heavy atom. The number of benzene rings is 1. The SMILES string of the molecule is COC[C@H]1Cn2cc(-c3cc(Nc4ncco4)ncc3Cl)cc2C(=O)N1Cc1cc(F)ccc1CO. The number of aromatic nitrogens is 3. The number of carbonyl (C=O) groups excluding carboxylic acids is 1. The van der Waals surface area contributed by atoms with Crippen molar-refractivity contribution in [1.29, 1.82) is 0 Å². The maximum absolute atomic E-state index is 14.0. The maximum atomic E-state index is 14.0. The molecule has 1 aliphatic heterocycles. The van der Waals surface area contributed by atoms with Gasteiger partial charge in [-0.05, 0) is 35.4 Å². The van der Waals surface area contributed by atoms with E-state index in [1.54, 1.807) is 24.1 Å². The van der Waals surface area contributed by atoms with E-state index in [-0.39, 0.29) is 25.1 Å². The van der Waals surface area contributed by atoms with E-state index < -0.39 is 5.82 Å². The predicted molar refractivity (Wildman–Crippen MR) is 130 cm³/mol. The lowest BCUT2D eigenvalue weighted by atomic mass is 10.0. The Hall–Kier alpha value is -3.73. The fourth-order valence-corrected chi connectivity index (χ4v) is 4.58. The number of fused-ring (bicyclic) bond motifs is 1. The number of halogens is 2. The van der Waals surface area contributed by atoms with Crippen LogP contribution in [0.5, 0.6) is 0 Å². The molecule has 0 unspecified atom stereocenters. The highest BCUT2D eigenvalue weighted by Gasteiger charge is 2.34. The number of aliphatic hydroxyl groups is 1. The summed E-state index contributed by atoms with van der Waals surface area (Å²) in [4.78, 5) is 23.6. The molecule has 0 bridgehead atoms. The zero-order chi connectivity index (χ0) is 25.2. The van der Waals surface area contributed by atoms with Crippen molar-refractivity contribution in [2.24, 2.45) is 0 Å². The van der Waals surface area contributed by atoms with Crippen molar-refractivity contribution in [2.45, 2.75) is 25.7 Å². The molecule has 1 amide bonds. The van der Waals surface area contributed by atoms with Gasteiger partial charge in [-0.1, -0.05) is 17.7 Å². The van der Waals surface area contributed by atoms with Crippen molar-refractivity contribution in [3.8, 4) is 11.1 Å². The number of pyridine rings is 1. The number of rotatable bonds is 8. The quantitative estimate of drug-likeness (QED) is 0.364. The van der Waals surface area contributed by atoms with Crippen LogP contribution in [0, 0.1) is 5.82 Å². The standard InChI is InChI=1S/C25H23ClFN5O4/c1-35-14-19-12-31-10-17(20-8-23(29-9-21(20)26)30-25-28-4-5-36-25)7-22(31)24(34)32(19)11-16-6-18(27)3-2-15(16)13-33/h2-10,19,33H,11-14H2,1H3,(H,28,29,30)/t19-/m1/s1. The van der Waals surface area contributed by atoms with Gasteiger partial charge in [0, 0.05) is 43.7 Å². The molecule has 2 N–H and O–H groups in total. The molecule has 0 spiro atoms. The summed E-state index contributed by atoms with van der Waals surface area (Å²) in [7, 11) is 1.57. The Kier molecular flexibility index (Phi) is 6.73. The van der Waals surface area contributed by atoms with E-state index in [0.717, 1.165) is 5.56 Å². The lowest BCUT2D eigenvalue weighted by molar-refractivity contribution is 0.0386. The first-order chi connectivity index (χ1) is 17.5. The second-order valence-corrected chi connectivity index (χ2v) is 8.80. The average molecular weight is 512 g/mol. The van der Waals surface area contributed by atoms with Crippen molar-refractivity contribution < 1.29 is 23.4 Å². The maximum Gasteiger partial charge on any atom is 0.300 e. The summed E-state index contributed by atoms with van der Waals surface area (Å²) < 4.78 is 26.4. The van der Waals surface area contributed by atoms with Gasteiger partial charge in [0.2, 0.25) is 0 Å². The molecule has 4 aromatic rings. The van der Waals surface area contributed by atoms with Crippen LogP contribution in [0.1, 0.15) is 21.6 Å². The number of anilines is 2. The van der Waals surface area contributed by atoms with E-state index in [0.29, 0.717) is 52.4 Å². The third-order valence-electron chi connectivity index (χ3n) is 6.10. The molecular formula is C25H23ClFN5O4. The lowest BCUT2D eigenvalue weighted by Crippen LogP contribution is -2.49. The van der Waals surface area contributed by atoms with Crippen molar-refractivity contribution >= 4 is 29.3 Å². The molecule has 0 saturated carbocycles. The summed E-state index contributed by atoms with van der Waals surface area (Å²) in [5.74, 6) is -0.179. The van der Waals surface area contributed by atoms with Gasteiger partial charge in [-0.15, -0.1) is 0 Å². The van der Waals surface area contributed by atoms with Gasteiger partial charge in [-0.2, -0.15) is 0 Å². The highest BCUT2D eigenvalue weighted by atomic mass is 35.5. The molecule has 9 nitrogen and oxygen atoms in total. The van der Waals surface area contributed by atoms with Crippen molar-refractivity contribution in [3.05, 3.63) is 82.8 Å². The predicted octanol–water partition coefficient (Wildman–Crippen LogP) is 4.24. The third kappa shape index (κ3) is 4.70. The van der Waals surface area contributed by atoms with Crippen LogP contribution in [0.2, 0.25) is 5.02 Å². The van der Waals surface area contributed by atoms with E-state index >= 15 is 0 Å². The van der Waals surface area contributed by atoms with E-state index in [4.69, 9.17) is 20.8 Å². The van der Waals surface area contributed by atoms with E-state index in [1.807, 2.05) is 10.8 Å². The number of aliphatic hydroxyl groups excluding tert-OH is 1. The molecule has 11 heteroatoms. The number of nitrogens with one attached hydrogen (secondary N) is 1. The lowest BCUT2D eigenvalue weighted by Gasteiger charge is -2.36. The van der Waals surface area contributed by atoms with Gasteiger partial charge in [-0.25, -0.2) is 14.4 Å². The number of amides is 1. The molecule has 4 heterocycles. The van der Waals surface area contributed by atoms with Crippen LogP contribution in [-0.2, 0) is 24.4 Å². The molecule has 1 aliphatic rings. The molecule has 0 radical (unpaired) electrons. The van der Waals surface area contributed by atoms with E-state index in [2.05, 4.69) is 15.3 Å². The van der Waals surface area contributed by atoms with Crippen LogP contribution in [0.15, 0.2) is 59.6 Å². The molecule has 36 heavy (non-hydrogen) atoms. The van der Waals surface area contributed by atoms with Crippen LogP contribution in [0.4, 0.5) is 16.2 Å². The minimum atomic E-state index is -0.429. The minimum Gasteiger partial charge on any atom is -0.432 e.